The van der Waals surface area contributed by atoms with Crippen molar-refractivity contribution in [2.45, 2.75) is 19.4 Å². The molecule has 0 unspecified atom stereocenters. The lowest BCUT2D eigenvalue weighted by molar-refractivity contribution is 0.750. The Kier molecular flexibility index (Phi) is 5.92. The first kappa shape index (κ1) is 15.7. The average Bonchev–Trinajstić information content (AvgIpc) is 2.49. The predicted octanol–water partition coefficient (Wildman–Crippen LogP) is 3.93. The quantitative estimate of drug-likeness (QED) is 0.634. The van der Waals surface area contributed by atoms with Crippen molar-refractivity contribution in [3.63, 3.8) is 0 Å². The fraction of sp³-hybridized carbons (Fsp3) is 0.158. The third-order valence-electron chi connectivity index (χ3n) is 3.16. The Bertz CT molecular complexity index is 548. The zero-order chi connectivity index (χ0) is 15.1. The van der Waals surface area contributed by atoms with Gasteiger partial charge in [0.1, 0.15) is 0 Å². The predicted molar refractivity (Wildman–Crippen MR) is 95.6 cm³/mol. The van der Waals surface area contributed by atoms with Crippen LogP contribution in [0.3, 0.4) is 0 Å². The third kappa shape index (κ3) is 4.39. The Morgan fingerprint density at radius 1 is 1.05 bits per heavy atom. The van der Waals surface area contributed by atoms with Gasteiger partial charge < -0.3 is 5.73 Å². The molecule has 0 heterocycles. The van der Waals surface area contributed by atoms with Crippen LogP contribution in [0.15, 0.2) is 84.7 Å². The van der Waals surface area contributed by atoms with Crippen LogP contribution < -0.4 is 16.3 Å². The van der Waals surface area contributed by atoms with E-state index < -0.39 is 7.92 Å². The van der Waals surface area contributed by atoms with Gasteiger partial charge >= 0.3 is 0 Å². The number of benzene rings is 2. The van der Waals surface area contributed by atoms with E-state index in [9.17, 15) is 0 Å². The van der Waals surface area contributed by atoms with Crippen molar-refractivity contribution in [2.24, 2.45) is 5.73 Å². The molecule has 0 saturated heterocycles. The Balaban J connectivity index is 2.49. The van der Waals surface area contributed by atoms with Crippen LogP contribution in [0.25, 0.3) is 0 Å². The molecular formula is C19H22NP. The maximum absolute atomic E-state index is 6.05. The van der Waals surface area contributed by atoms with Gasteiger partial charge in [-0.05, 0) is 37.2 Å². The molecule has 0 radical (unpaired) electrons. The molecule has 0 aromatic heterocycles. The van der Waals surface area contributed by atoms with E-state index in [0.717, 1.165) is 6.42 Å². The smallest absolute Gasteiger partial charge is 0.00515 e. The van der Waals surface area contributed by atoms with Crippen LogP contribution >= 0.6 is 7.92 Å². The normalized spacial score (nSPS) is 13.2. The molecule has 1 nitrogen and oxygen atoms in total. The topological polar surface area (TPSA) is 26.0 Å². The molecule has 0 aliphatic rings. The standard InChI is InChI=1S/C19H22NP/c1-3-10-19(15-16(2)20)21(17-11-6-4-7-12-17)18-13-8-5-9-14-18/h3-14,16H,1,15,20H2,2H3/b19-10+/t16-/m1/s1. The van der Waals surface area contributed by atoms with Gasteiger partial charge in [0.2, 0.25) is 0 Å². The molecule has 2 aromatic carbocycles. The zero-order valence-corrected chi connectivity index (χ0v) is 13.3. The summed E-state index contributed by atoms with van der Waals surface area (Å²) in [5.74, 6) is 0. The average molecular weight is 295 g/mol. The lowest BCUT2D eigenvalue weighted by Gasteiger charge is -2.23. The van der Waals surface area contributed by atoms with Crippen LogP contribution in [0.4, 0.5) is 0 Å². The van der Waals surface area contributed by atoms with Gasteiger partial charge in [0, 0.05) is 6.04 Å². The van der Waals surface area contributed by atoms with E-state index in [1.807, 2.05) is 6.08 Å². The molecule has 1 atom stereocenters. The van der Waals surface area contributed by atoms with Gasteiger partial charge in [-0.15, -0.1) is 0 Å². The molecule has 21 heavy (non-hydrogen) atoms. The molecular weight excluding hydrogens is 273 g/mol. The molecule has 0 saturated carbocycles. The molecule has 0 bridgehead atoms. The Morgan fingerprint density at radius 2 is 1.52 bits per heavy atom. The summed E-state index contributed by atoms with van der Waals surface area (Å²) < 4.78 is 0. The van der Waals surface area contributed by atoms with Crippen LogP contribution in [-0.2, 0) is 0 Å². The largest absolute Gasteiger partial charge is 0.328 e. The van der Waals surface area contributed by atoms with Gasteiger partial charge in [0.05, 0.1) is 0 Å². The Labute approximate surface area is 129 Å². The fourth-order valence-corrected chi connectivity index (χ4v) is 4.96. The van der Waals surface area contributed by atoms with Crippen LogP contribution in [0.2, 0.25) is 0 Å². The SMILES string of the molecule is C=C/C=C(\C[C@@H](C)N)P(c1ccccc1)c1ccccc1. The molecule has 2 heteroatoms. The molecule has 0 amide bonds. The summed E-state index contributed by atoms with van der Waals surface area (Å²) in [6.07, 6.45) is 4.90. The number of hydrogen-bond acceptors (Lipinski definition) is 1. The van der Waals surface area contributed by atoms with Gasteiger partial charge in [0.25, 0.3) is 0 Å². The monoisotopic (exact) mass is 295 g/mol. The van der Waals surface area contributed by atoms with Gasteiger partial charge in [-0.1, -0.05) is 79.4 Å². The summed E-state index contributed by atoms with van der Waals surface area (Å²) in [5, 5.41) is 4.08. The Morgan fingerprint density at radius 3 is 1.90 bits per heavy atom. The maximum atomic E-state index is 6.05. The van der Waals surface area contributed by atoms with Crippen LogP contribution in [0.1, 0.15) is 13.3 Å². The van der Waals surface area contributed by atoms with Crippen LogP contribution in [0, 0.1) is 0 Å². The van der Waals surface area contributed by atoms with Crippen molar-refractivity contribution in [1.82, 2.24) is 0 Å². The van der Waals surface area contributed by atoms with Crippen molar-refractivity contribution in [2.75, 3.05) is 0 Å². The molecule has 108 valence electrons. The second-order valence-corrected chi connectivity index (χ2v) is 7.36. The summed E-state index contributed by atoms with van der Waals surface area (Å²) in [4.78, 5) is 0. The molecule has 0 spiro atoms. The highest BCUT2D eigenvalue weighted by Gasteiger charge is 2.18. The van der Waals surface area contributed by atoms with E-state index in [2.05, 4.69) is 80.2 Å². The number of nitrogens with two attached hydrogens (primary N) is 1. The van der Waals surface area contributed by atoms with E-state index in [4.69, 9.17) is 5.73 Å². The van der Waals surface area contributed by atoms with E-state index in [1.165, 1.54) is 15.9 Å². The van der Waals surface area contributed by atoms with Crippen molar-refractivity contribution < 1.29 is 0 Å². The van der Waals surface area contributed by atoms with Gasteiger partial charge in [-0.3, -0.25) is 0 Å². The number of rotatable bonds is 6. The highest BCUT2D eigenvalue weighted by atomic mass is 31.1. The molecule has 0 aliphatic carbocycles. The molecule has 2 rings (SSSR count). The second kappa shape index (κ2) is 7.93. The van der Waals surface area contributed by atoms with E-state index >= 15 is 0 Å². The molecule has 0 fully saturated rings. The number of allylic oxidation sites excluding steroid dienone is 2. The summed E-state index contributed by atoms with van der Waals surface area (Å²) >= 11 is 0. The highest BCUT2D eigenvalue weighted by molar-refractivity contribution is 7.76. The lowest BCUT2D eigenvalue weighted by Crippen LogP contribution is -2.19. The van der Waals surface area contributed by atoms with Crippen LogP contribution in [-0.4, -0.2) is 6.04 Å². The highest BCUT2D eigenvalue weighted by Crippen LogP contribution is 2.44. The Hall–Kier alpha value is -1.69. The summed E-state index contributed by atoms with van der Waals surface area (Å²) in [7, 11) is -0.543. The molecule has 0 aliphatic heterocycles. The summed E-state index contributed by atoms with van der Waals surface area (Å²) in [6, 6.07) is 21.5. The van der Waals surface area contributed by atoms with Gasteiger partial charge in [-0.25, -0.2) is 0 Å². The molecule has 2 N–H and O–H groups in total. The maximum Gasteiger partial charge on any atom is 0.00515 e. The van der Waals surface area contributed by atoms with Crippen molar-refractivity contribution in [1.29, 1.82) is 0 Å². The lowest BCUT2D eigenvalue weighted by atomic mass is 10.2. The second-order valence-electron chi connectivity index (χ2n) is 5.08. The molecule has 2 aromatic rings. The van der Waals surface area contributed by atoms with Crippen molar-refractivity contribution in [3.8, 4) is 0 Å². The number of hydrogen-bond donors (Lipinski definition) is 1. The first-order valence-electron chi connectivity index (χ1n) is 7.19. The van der Waals surface area contributed by atoms with Crippen molar-refractivity contribution >= 4 is 18.5 Å². The fourth-order valence-electron chi connectivity index (χ4n) is 2.33. The minimum atomic E-state index is -0.543. The first-order chi connectivity index (χ1) is 10.2. The summed E-state index contributed by atoms with van der Waals surface area (Å²) in [5.41, 5.74) is 6.05. The van der Waals surface area contributed by atoms with Gasteiger partial charge in [-0.2, -0.15) is 0 Å². The zero-order valence-electron chi connectivity index (χ0n) is 12.4. The summed E-state index contributed by atoms with van der Waals surface area (Å²) in [6.45, 7) is 5.93. The van der Waals surface area contributed by atoms with E-state index in [-0.39, 0.29) is 6.04 Å². The van der Waals surface area contributed by atoms with Crippen LogP contribution in [0.5, 0.6) is 0 Å². The van der Waals surface area contributed by atoms with Gasteiger partial charge in [0.15, 0.2) is 0 Å². The van der Waals surface area contributed by atoms with E-state index in [0.29, 0.717) is 0 Å². The minimum Gasteiger partial charge on any atom is -0.328 e. The van der Waals surface area contributed by atoms with E-state index in [1.54, 1.807) is 0 Å². The first-order valence-corrected chi connectivity index (χ1v) is 8.54. The third-order valence-corrected chi connectivity index (χ3v) is 5.69. The minimum absolute atomic E-state index is 0.147. The van der Waals surface area contributed by atoms with Crippen molar-refractivity contribution in [3.05, 3.63) is 84.7 Å².